The number of piperidine rings is 1. The molecule has 2 heterocycles. The molecular weight excluding hydrogens is 228 g/mol. The van der Waals surface area contributed by atoms with Crippen LogP contribution in [0.4, 0.5) is 0 Å². The Bertz CT molecular complexity index is 467. The van der Waals surface area contributed by atoms with E-state index in [4.69, 9.17) is 0 Å². The number of hydrogen-bond acceptors (Lipinski definition) is 3. The van der Waals surface area contributed by atoms with Crippen LogP contribution in [0.3, 0.4) is 0 Å². The maximum Gasteiger partial charge on any atom is 0.336 e. The van der Waals surface area contributed by atoms with E-state index in [0.29, 0.717) is 11.6 Å². The summed E-state index contributed by atoms with van der Waals surface area (Å²) in [5.74, 6) is -0.806. The molecule has 1 aromatic carbocycles. The number of rotatable bonds is 2. The Kier molecular flexibility index (Phi) is 3.06. The topological polar surface area (TPSA) is 52.6 Å². The molecule has 0 amide bonds. The molecule has 0 aliphatic carbocycles. The third-order valence-electron chi connectivity index (χ3n) is 4.06. The van der Waals surface area contributed by atoms with E-state index in [1.54, 1.807) is 6.07 Å². The highest BCUT2D eigenvalue weighted by molar-refractivity contribution is 5.90. The maximum absolute atomic E-state index is 11.2. The highest BCUT2D eigenvalue weighted by Crippen LogP contribution is 2.29. The Morgan fingerprint density at radius 2 is 2.06 bits per heavy atom. The van der Waals surface area contributed by atoms with Gasteiger partial charge in [0.05, 0.1) is 5.56 Å². The fraction of sp³-hybridized carbons (Fsp3) is 0.500. The predicted octanol–water partition coefficient (Wildman–Crippen LogP) is 1.45. The van der Waals surface area contributed by atoms with E-state index in [1.807, 2.05) is 6.07 Å². The second-order valence-corrected chi connectivity index (χ2v) is 5.13. The van der Waals surface area contributed by atoms with Gasteiger partial charge in [-0.05, 0) is 43.1 Å². The van der Waals surface area contributed by atoms with E-state index in [2.05, 4.69) is 16.3 Å². The first kappa shape index (κ1) is 11.7. The summed E-state index contributed by atoms with van der Waals surface area (Å²) in [6, 6.07) is 6.23. The van der Waals surface area contributed by atoms with Gasteiger partial charge in [-0.1, -0.05) is 12.1 Å². The minimum atomic E-state index is -0.806. The van der Waals surface area contributed by atoms with Gasteiger partial charge in [0.25, 0.3) is 0 Å². The van der Waals surface area contributed by atoms with Crippen LogP contribution in [-0.2, 0) is 13.1 Å². The quantitative estimate of drug-likeness (QED) is 0.829. The Morgan fingerprint density at radius 3 is 2.78 bits per heavy atom. The second kappa shape index (κ2) is 4.71. The predicted molar refractivity (Wildman–Crippen MR) is 68.5 cm³/mol. The number of benzene rings is 1. The van der Waals surface area contributed by atoms with Gasteiger partial charge in [0, 0.05) is 19.1 Å². The molecule has 0 radical (unpaired) electrons. The molecule has 2 aliphatic rings. The number of aromatic carboxylic acids is 1. The zero-order valence-corrected chi connectivity index (χ0v) is 10.4. The van der Waals surface area contributed by atoms with Gasteiger partial charge in [-0.3, -0.25) is 4.90 Å². The monoisotopic (exact) mass is 246 g/mol. The van der Waals surface area contributed by atoms with Gasteiger partial charge in [-0.15, -0.1) is 0 Å². The molecule has 3 rings (SSSR count). The summed E-state index contributed by atoms with van der Waals surface area (Å²) in [6.45, 7) is 3.84. The van der Waals surface area contributed by atoms with Crippen molar-refractivity contribution in [3.63, 3.8) is 0 Å². The first-order valence-electron chi connectivity index (χ1n) is 6.54. The lowest BCUT2D eigenvalue weighted by Crippen LogP contribution is -2.40. The zero-order chi connectivity index (χ0) is 12.5. The summed E-state index contributed by atoms with van der Waals surface area (Å²) in [5.41, 5.74) is 2.68. The summed E-state index contributed by atoms with van der Waals surface area (Å²) >= 11 is 0. The molecule has 2 N–H and O–H groups in total. The molecule has 4 nitrogen and oxygen atoms in total. The van der Waals surface area contributed by atoms with Gasteiger partial charge in [0.15, 0.2) is 0 Å². The molecular formula is C14H18N2O2. The van der Waals surface area contributed by atoms with Crippen LogP contribution < -0.4 is 5.32 Å². The van der Waals surface area contributed by atoms with E-state index < -0.39 is 5.97 Å². The van der Waals surface area contributed by atoms with Gasteiger partial charge in [0.1, 0.15) is 0 Å². The standard InChI is InChI=1S/C14H18N2O2/c17-14(18)12-3-1-2-10-8-16(9-13(10)12)11-4-6-15-7-5-11/h1-3,11,15H,4-9H2,(H,17,18). The van der Waals surface area contributed by atoms with E-state index >= 15 is 0 Å². The average molecular weight is 246 g/mol. The molecule has 0 bridgehead atoms. The van der Waals surface area contributed by atoms with Crippen LogP contribution in [0, 0.1) is 0 Å². The number of fused-ring (bicyclic) bond motifs is 1. The summed E-state index contributed by atoms with van der Waals surface area (Å²) in [5, 5.41) is 12.6. The second-order valence-electron chi connectivity index (χ2n) is 5.13. The zero-order valence-electron chi connectivity index (χ0n) is 10.4. The number of carboxylic acids is 1. The number of carboxylic acid groups (broad SMARTS) is 1. The van der Waals surface area contributed by atoms with E-state index in [-0.39, 0.29) is 0 Å². The van der Waals surface area contributed by atoms with Crippen LogP contribution in [0.25, 0.3) is 0 Å². The Labute approximate surface area is 107 Å². The maximum atomic E-state index is 11.2. The Hall–Kier alpha value is -1.39. The van der Waals surface area contributed by atoms with Crippen molar-refractivity contribution >= 4 is 5.97 Å². The van der Waals surface area contributed by atoms with E-state index in [1.165, 1.54) is 5.56 Å². The SMILES string of the molecule is O=C(O)c1cccc2c1CN(C1CCNCC1)C2. The Morgan fingerprint density at radius 1 is 1.28 bits per heavy atom. The Balaban J connectivity index is 1.82. The first-order chi connectivity index (χ1) is 8.75. The van der Waals surface area contributed by atoms with Gasteiger partial charge in [-0.2, -0.15) is 0 Å². The van der Waals surface area contributed by atoms with Gasteiger partial charge in [-0.25, -0.2) is 4.79 Å². The molecule has 1 saturated heterocycles. The molecule has 0 atom stereocenters. The molecule has 4 heteroatoms. The highest BCUT2D eigenvalue weighted by atomic mass is 16.4. The van der Waals surface area contributed by atoms with E-state index in [9.17, 15) is 9.90 Å². The van der Waals surface area contributed by atoms with Crippen LogP contribution in [0.1, 0.15) is 34.3 Å². The summed E-state index contributed by atoms with van der Waals surface area (Å²) in [4.78, 5) is 13.6. The summed E-state index contributed by atoms with van der Waals surface area (Å²) < 4.78 is 0. The summed E-state index contributed by atoms with van der Waals surface area (Å²) in [6.07, 6.45) is 2.33. The molecule has 1 fully saturated rings. The van der Waals surface area contributed by atoms with Gasteiger partial charge < -0.3 is 10.4 Å². The smallest absolute Gasteiger partial charge is 0.336 e. The molecule has 0 aromatic heterocycles. The molecule has 1 aromatic rings. The number of nitrogens with one attached hydrogen (secondary N) is 1. The van der Waals surface area contributed by atoms with Crippen molar-refractivity contribution in [3.8, 4) is 0 Å². The lowest BCUT2D eigenvalue weighted by atomic mass is 10.0. The lowest BCUT2D eigenvalue weighted by molar-refractivity contribution is 0.0694. The lowest BCUT2D eigenvalue weighted by Gasteiger charge is -2.31. The van der Waals surface area contributed by atoms with Crippen LogP contribution in [0.5, 0.6) is 0 Å². The highest BCUT2D eigenvalue weighted by Gasteiger charge is 2.29. The van der Waals surface area contributed by atoms with Crippen LogP contribution >= 0.6 is 0 Å². The molecule has 0 spiro atoms. The average Bonchev–Trinajstić information content (AvgIpc) is 2.83. The fourth-order valence-electron chi connectivity index (χ4n) is 3.08. The van der Waals surface area contributed by atoms with Crippen LogP contribution in [-0.4, -0.2) is 35.1 Å². The van der Waals surface area contributed by atoms with E-state index in [0.717, 1.165) is 44.6 Å². The molecule has 0 saturated carbocycles. The van der Waals surface area contributed by atoms with Crippen molar-refractivity contribution in [2.45, 2.75) is 32.0 Å². The number of carbonyl (C=O) groups is 1. The van der Waals surface area contributed by atoms with Crippen molar-refractivity contribution in [2.75, 3.05) is 13.1 Å². The first-order valence-corrected chi connectivity index (χ1v) is 6.54. The third kappa shape index (κ3) is 2.02. The minimum Gasteiger partial charge on any atom is -0.478 e. The van der Waals surface area contributed by atoms with Crippen LogP contribution in [0.15, 0.2) is 18.2 Å². The molecule has 2 aliphatic heterocycles. The molecule has 0 unspecified atom stereocenters. The van der Waals surface area contributed by atoms with Crippen molar-refractivity contribution in [1.82, 2.24) is 10.2 Å². The summed E-state index contributed by atoms with van der Waals surface area (Å²) in [7, 11) is 0. The van der Waals surface area contributed by atoms with Gasteiger partial charge >= 0.3 is 5.97 Å². The van der Waals surface area contributed by atoms with Gasteiger partial charge in [0.2, 0.25) is 0 Å². The van der Waals surface area contributed by atoms with Crippen molar-refractivity contribution in [1.29, 1.82) is 0 Å². The van der Waals surface area contributed by atoms with Crippen LogP contribution in [0.2, 0.25) is 0 Å². The van der Waals surface area contributed by atoms with Crippen molar-refractivity contribution < 1.29 is 9.90 Å². The third-order valence-corrected chi connectivity index (χ3v) is 4.06. The molecule has 18 heavy (non-hydrogen) atoms. The minimum absolute atomic E-state index is 0.476. The normalized spacial score (nSPS) is 20.9. The van der Waals surface area contributed by atoms with Crippen molar-refractivity contribution in [3.05, 3.63) is 34.9 Å². The number of nitrogens with zero attached hydrogens (tertiary/aromatic N) is 1. The van der Waals surface area contributed by atoms with Crippen molar-refractivity contribution in [2.24, 2.45) is 0 Å². The fourth-order valence-corrected chi connectivity index (χ4v) is 3.08. The largest absolute Gasteiger partial charge is 0.478 e. The number of hydrogen-bond donors (Lipinski definition) is 2. The molecule has 96 valence electrons.